The van der Waals surface area contributed by atoms with Gasteiger partial charge in [0.1, 0.15) is 0 Å². The molecule has 0 saturated carbocycles. The molecule has 1 aromatic carbocycles. The fraction of sp³-hybridized carbons (Fsp3) is 0.467. The van der Waals surface area contributed by atoms with Crippen molar-refractivity contribution < 1.29 is 9.59 Å². The summed E-state index contributed by atoms with van der Waals surface area (Å²) >= 11 is 0. The summed E-state index contributed by atoms with van der Waals surface area (Å²) in [5.41, 5.74) is 2.49. The lowest BCUT2D eigenvalue weighted by Gasteiger charge is -2.20. The second kappa shape index (κ2) is 4.56. The van der Waals surface area contributed by atoms with Gasteiger partial charge in [-0.05, 0) is 16.5 Å². The number of rotatable bonds is 2. The summed E-state index contributed by atoms with van der Waals surface area (Å²) < 4.78 is 0. The van der Waals surface area contributed by atoms with Crippen molar-refractivity contribution in [3.63, 3.8) is 0 Å². The van der Waals surface area contributed by atoms with Gasteiger partial charge in [-0.1, -0.05) is 45.0 Å². The molecule has 1 amide bonds. The summed E-state index contributed by atoms with van der Waals surface area (Å²) in [6, 6.07) is 8.27. The molecule has 2 rings (SSSR count). The summed E-state index contributed by atoms with van der Waals surface area (Å²) in [7, 11) is 0. The number of nitrogens with zero attached hydrogens (tertiary/aromatic N) is 1. The average Bonchev–Trinajstić information content (AvgIpc) is 2.57. The van der Waals surface area contributed by atoms with Gasteiger partial charge < -0.3 is 4.90 Å². The Labute approximate surface area is 108 Å². The highest BCUT2D eigenvalue weighted by Crippen LogP contribution is 2.22. The quantitative estimate of drug-likeness (QED) is 0.750. The molecule has 0 radical (unpaired) electrons. The van der Waals surface area contributed by atoms with Gasteiger partial charge in [-0.25, -0.2) is 0 Å². The van der Waals surface area contributed by atoms with E-state index in [0.717, 1.165) is 5.56 Å². The maximum atomic E-state index is 11.5. The van der Waals surface area contributed by atoms with Crippen LogP contribution in [0.1, 0.15) is 38.3 Å². The van der Waals surface area contributed by atoms with Crippen LogP contribution in [0.2, 0.25) is 0 Å². The van der Waals surface area contributed by atoms with Crippen LogP contribution in [0.25, 0.3) is 0 Å². The van der Waals surface area contributed by atoms with E-state index in [1.165, 1.54) is 5.56 Å². The summed E-state index contributed by atoms with van der Waals surface area (Å²) in [6.45, 7) is 7.31. The molecule has 1 fully saturated rings. The smallest absolute Gasteiger partial charge is 0.230 e. The number of ketones is 1. The highest BCUT2D eigenvalue weighted by atomic mass is 16.2. The first kappa shape index (κ1) is 12.8. The van der Waals surface area contributed by atoms with Crippen molar-refractivity contribution in [1.29, 1.82) is 0 Å². The van der Waals surface area contributed by atoms with Gasteiger partial charge in [-0.3, -0.25) is 9.59 Å². The monoisotopic (exact) mass is 245 g/mol. The van der Waals surface area contributed by atoms with Crippen LogP contribution in [0.4, 0.5) is 0 Å². The van der Waals surface area contributed by atoms with Gasteiger partial charge in [-0.2, -0.15) is 0 Å². The first-order valence-corrected chi connectivity index (χ1v) is 6.25. The molecule has 18 heavy (non-hydrogen) atoms. The number of benzene rings is 1. The zero-order valence-electron chi connectivity index (χ0n) is 11.2. The summed E-state index contributed by atoms with van der Waals surface area (Å²) in [4.78, 5) is 24.3. The van der Waals surface area contributed by atoms with E-state index in [2.05, 4.69) is 32.9 Å². The molecule has 3 heteroatoms. The van der Waals surface area contributed by atoms with Crippen LogP contribution in [-0.2, 0) is 21.5 Å². The first-order chi connectivity index (χ1) is 8.36. The lowest BCUT2D eigenvalue weighted by atomic mass is 9.87. The van der Waals surface area contributed by atoms with Crippen molar-refractivity contribution in [2.75, 3.05) is 6.54 Å². The lowest BCUT2D eigenvalue weighted by Crippen LogP contribution is -2.24. The standard InChI is InChI=1S/C15H19NO2/c1-15(2,3)12-6-4-11(5-7-12)9-16-10-13(17)8-14(16)18/h4-7H,8-10H2,1-3H3. The van der Waals surface area contributed by atoms with Crippen molar-refractivity contribution >= 4 is 11.7 Å². The predicted octanol–water partition coefficient (Wildman–Crippen LogP) is 2.29. The van der Waals surface area contributed by atoms with E-state index in [1.807, 2.05) is 12.1 Å². The second-order valence-corrected chi connectivity index (χ2v) is 5.91. The molecule has 1 saturated heterocycles. The molecule has 0 N–H and O–H groups in total. The van der Waals surface area contributed by atoms with Crippen LogP contribution in [0.15, 0.2) is 24.3 Å². The minimum absolute atomic E-state index is 0.0197. The molecule has 0 atom stereocenters. The molecule has 0 aliphatic carbocycles. The number of carbonyl (C=O) groups is 2. The van der Waals surface area contributed by atoms with Gasteiger partial charge in [0.2, 0.25) is 5.91 Å². The summed E-state index contributed by atoms with van der Waals surface area (Å²) in [5.74, 6) is -0.0359. The van der Waals surface area contributed by atoms with Crippen LogP contribution in [0.3, 0.4) is 0 Å². The maximum Gasteiger partial charge on any atom is 0.230 e. The Kier molecular flexibility index (Phi) is 3.24. The minimum Gasteiger partial charge on any atom is -0.331 e. The van der Waals surface area contributed by atoms with Crippen molar-refractivity contribution in [2.24, 2.45) is 0 Å². The molecular weight excluding hydrogens is 226 g/mol. The molecule has 1 heterocycles. The Balaban J connectivity index is 2.07. The van der Waals surface area contributed by atoms with E-state index in [1.54, 1.807) is 4.90 Å². The molecule has 3 nitrogen and oxygen atoms in total. The third-order valence-corrected chi connectivity index (χ3v) is 3.26. The molecule has 0 bridgehead atoms. The van der Waals surface area contributed by atoms with Crippen molar-refractivity contribution in [3.05, 3.63) is 35.4 Å². The Morgan fingerprint density at radius 3 is 2.17 bits per heavy atom. The Morgan fingerprint density at radius 1 is 1.11 bits per heavy atom. The Hall–Kier alpha value is -1.64. The van der Waals surface area contributed by atoms with Gasteiger partial charge in [0.15, 0.2) is 5.78 Å². The molecular formula is C15H19NO2. The fourth-order valence-electron chi connectivity index (χ4n) is 2.11. The van der Waals surface area contributed by atoms with E-state index in [-0.39, 0.29) is 30.1 Å². The summed E-state index contributed by atoms with van der Waals surface area (Å²) in [6.07, 6.45) is 0.0695. The fourth-order valence-corrected chi connectivity index (χ4v) is 2.11. The first-order valence-electron chi connectivity index (χ1n) is 6.25. The number of hydrogen-bond acceptors (Lipinski definition) is 2. The van der Waals surface area contributed by atoms with Crippen LogP contribution in [0.5, 0.6) is 0 Å². The SMILES string of the molecule is CC(C)(C)c1ccc(CN2CC(=O)CC2=O)cc1. The minimum atomic E-state index is -0.0557. The molecule has 1 aromatic rings. The van der Waals surface area contributed by atoms with Gasteiger partial charge in [0, 0.05) is 6.54 Å². The molecule has 0 spiro atoms. The molecule has 1 aliphatic heterocycles. The van der Waals surface area contributed by atoms with Crippen LogP contribution >= 0.6 is 0 Å². The van der Waals surface area contributed by atoms with E-state index in [9.17, 15) is 9.59 Å². The van der Waals surface area contributed by atoms with Gasteiger partial charge in [0.05, 0.1) is 13.0 Å². The zero-order valence-corrected chi connectivity index (χ0v) is 11.2. The molecule has 96 valence electrons. The highest BCUT2D eigenvalue weighted by molar-refractivity contribution is 6.05. The van der Waals surface area contributed by atoms with Crippen molar-refractivity contribution in [3.8, 4) is 0 Å². The van der Waals surface area contributed by atoms with Gasteiger partial charge in [0.25, 0.3) is 0 Å². The molecule has 0 unspecified atom stereocenters. The zero-order chi connectivity index (χ0) is 13.3. The Bertz CT molecular complexity index is 468. The second-order valence-electron chi connectivity index (χ2n) is 5.91. The average molecular weight is 245 g/mol. The lowest BCUT2D eigenvalue weighted by molar-refractivity contribution is -0.128. The number of likely N-dealkylation sites (tertiary alicyclic amines) is 1. The molecule has 1 aliphatic rings. The third-order valence-electron chi connectivity index (χ3n) is 3.26. The predicted molar refractivity (Wildman–Crippen MR) is 70.2 cm³/mol. The summed E-state index contributed by atoms with van der Waals surface area (Å²) in [5, 5.41) is 0. The maximum absolute atomic E-state index is 11.5. The molecule has 0 aromatic heterocycles. The van der Waals surface area contributed by atoms with Crippen LogP contribution in [0, 0.1) is 0 Å². The number of hydrogen-bond donors (Lipinski definition) is 0. The van der Waals surface area contributed by atoms with E-state index in [0.29, 0.717) is 6.54 Å². The van der Waals surface area contributed by atoms with Gasteiger partial charge >= 0.3 is 0 Å². The van der Waals surface area contributed by atoms with Crippen molar-refractivity contribution in [2.45, 2.75) is 39.2 Å². The third kappa shape index (κ3) is 2.78. The van der Waals surface area contributed by atoms with E-state index >= 15 is 0 Å². The number of carbonyl (C=O) groups excluding carboxylic acids is 2. The highest BCUT2D eigenvalue weighted by Gasteiger charge is 2.27. The largest absolute Gasteiger partial charge is 0.331 e. The van der Waals surface area contributed by atoms with Crippen LogP contribution < -0.4 is 0 Å². The topological polar surface area (TPSA) is 37.4 Å². The van der Waals surface area contributed by atoms with Crippen molar-refractivity contribution in [1.82, 2.24) is 4.90 Å². The normalized spacial score (nSPS) is 16.5. The van der Waals surface area contributed by atoms with E-state index in [4.69, 9.17) is 0 Å². The van der Waals surface area contributed by atoms with E-state index < -0.39 is 0 Å². The van der Waals surface area contributed by atoms with Gasteiger partial charge in [-0.15, -0.1) is 0 Å². The number of Topliss-reactive ketones (excluding diaryl/α,β-unsaturated/α-hetero) is 1. The van der Waals surface area contributed by atoms with Crippen LogP contribution in [-0.4, -0.2) is 23.1 Å². The Morgan fingerprint density at radius 2 is 1.72 bits per heavy atom. The number of amides is 1.